The number of methoxy groups -OCH3 is 2. The number of fused-ring (bicyclic) bond motifs is 1. The molecule has 1 aliphatic heterocycles. The minimum atomic E-state index is -1.87. The van der Waals surface area contributed by atoms with Crippen molar-refractivity contribution in [2.75, 3.05) is 14.2 Å². The van der Waals surface area contributed by atoms with Crippen LogP contribution in [0.3, 0.4) is 0 Å². The topological polar surface area (TPSA) is 65.0 Å². The van der Waals surface area contributed by atoms with E-state index in [2.05, 4.69) is 6.58 Å². The van der Waals surface area contributed by atoms with E-state index in [0.717, 1.165) is 5.56 Å². The molecule has 1 heterocycles. The third-order valence-corrected chi connectivity index (χ3v) is 5.63. The SMILES string of the molecule is C=CC[C@]12CC=CC(=O)[C@@]1(O)O[C@@H](c1cccc(OC)c1OC)[C@H]2C. The zero-order valence-corrected chi connectivity index (χ0v) is 14.8. The molecular formula is C20H24O5. The quantitative estimate of drug-likeness (QED) is 0.831. The van der Waals surface area contributed by atoms with Crippen molar-refractivity contribution in [1.82, 2.24) is 0 Å². The highest BCUT2D eigenvalue weighted by molar-refractivity contribution is 5.97. The van der Waals surface area contributed by atoms with Gasteiger partial charge in [0.1, 0.15) is 0 Å². The molecule has 3 rings (SSSR count). The molecule has 2 aliphatic rings. The smallest absolute Gasteiger partial charge is 0.237 e. The van der Waals surface area contributed by atoms with Crippen molar-refractivity contribution in [2.45, 2.75) is 31.7 Å². The second kappa shape index (κ2) is 6.32. The van der Waals surface area contributed by atoms with E-state index in [1.165, 1.54) is 6.08 Å². The highest BCUT2D eigenvalue weighted by atomic mass is 16.6. The van der Waals surface area contributed by atoms with Gasteiger partial charge in [-0.15, -0.1) is 6.58 Å². The van der Waals surface area contributed by atoms with Crippen molar-refractivity contribution in [3.63, 3.8) is 0 Å². The number of ether oxygens (including phenoxy) is 3. The summed E-state index contributed by atoms with van der Waals surface area (Å²) in [7, 11) is 3.13. The van der Waals surface area contributed by atoms with Gasteiger partial charge in [-0.25, -0.2) is 0 Å². The molecule has 1 aromatic rings. The molecule has 0 saturated carbocycles. The van der Waals surface area contributed by atoms with Gasteiger partial charge in [0.15, 0.2) is 11.5 Å². The van der Waals surface area contributed by atoms with Crippen LogP contribution in [0.5, 0.6) is 11.5 Å². The molecule has 0 unspecified atom stereocenters. The predicted octanol–water partition coefficient (Wildman–Crippen LogP) is 3.19. The number of aliphatic hydroxyl groups is 1. The van der Waals surface area contributed by atoms with Crippen LogP contribution in [-0.2, 0) is 9.53 Å². The Hall–Kier alpha value is -2.11. The third-order valence-electron chi connectivity index (χ3n) is 5.63. The first-order valence-electron chi connectivity index (χ1n) is 8.38. The molecule has 4 atom stereocenters. The van der Waals surface area contributed by atoms with E-state index in [4.69, 9.17) is 14.2 Å². The van der Waals surface area contributed by atoms with Crippen molar-refractivity contribution in [1.29, 1.82) is 0 Å². The van der Waals surface area contributed by atoms with E-state index in [1.807, 2.05) is 25.1 Å². The minimum Gasteiger partial charge on any atom is -0.493 e. The van der Waals surface area contributed by atoms with E-state index in [-0.39, 0.29) is 5.92 Å². The van der Waals surface area contributed by atoms with Crippen LogP contribution in [0.15, 0.2) is 43.0 Å². The summed E-state index contributed by atoms with van der Waals surface area (Å²) in [4.78, 5) is 12.5. The maximum Gasteiger partial charge on any atom is 0.237 e. The summed E-state index contributed by atoms with van der Waals surface area (Å²) in [5, 5.41) is 11.2. The average molecular weight is 344 g/mol. The number of allylic oxidation sites excluding steroid dienone is 2. The number of carbonyl (C=O) groups excluding carboxylic acids is 1. The Morgan fingerprint density at radius 3 is 2.80 bits per heavy atom. The van der Waals surface area contributed by atoms with Crippen LogP contribution < -0.4 is 9.47 Å². The van der Waals surface area contributed by atoms with Gasteiger partial charge in [0.05, 0.1) is 20.3 Å². The lowest BCUT2D eigenvalue weighted by Gasteiger charge is -2.42. The van der Waals surface area contributed by atoms with Gasteiger partial charge in [-0.3, -0.25) is 4.79 Å². The van der Waals surface area contributed by atoms with E-state index in [9.17, 15) is 9.90 Å². The van der Waals surface area contributed by atoms with Crippen LogP contribution in [0.2, 0.25) is 0 Å². The van der Waals surface area contributed by atoms with Gasteiger partial charge in [0.2, 0.25) is 11.6 Å². The van der Waals surface area contributed by atoms with Crippen molar-refractivity contribution in [3.05, 3.63) is 48.6 Å². The number of ketones is 1. The molecule has 25 heavy (non-hydrogen) atoms. The van der Waals surface area contributed by atoms with Crippen LogP contribution in [0.1, 0.15) is 31.4 Å². The Labute approximate surface area is 147 Å². The molecule has 0 radical (unpaired) electrons. The highest BCUT2D eigenvalue weighted by Crippen LogP contribution is 2.62. The monoisotopic (exact) mass is 344 g/mol. The minimum absolute atomic E-state index is 0.134. The summed E-state index contributed by atoms with van der Waals surface area (Å²) in [5.41, 5.74) is 0.00713. The molecule has 0 amide bonds. The molecule has 5 heteroatoms. The Balaban J connectivity index is 2.13. The van der Waals surface area contributed by atoms with Gasteiger partial charge in [-0.1, -0.05) is 31.2 Å². The van der Waals surface area contributed by atoms with E-state index < -0.39 is 23.1 Å². The Morgan fingerprint density at radius 1 is 1.40 bits per heavy atom. The Kier molecular flexibility index (Phi) is 4.47. The lowest BCUT2D eigenvalue weighted by atomic mass is 9.62. The first-order valence-corrected chi connectivity index (χ1v) is 8.38. The maximum absolute atomic E-state index is 12.5. The lowest BCUT2D eigenvalue weighted by Crippen LogP contribution is -2.54. The predicted molar refractivity (Wildman–Crippen MR) is 93.5 cm³/mol. The molecule has 0 aromatic heterocycles. The summed E-state index contributed by atoms with van der Waals surface area (Å²) in [5.74, 6) is -1.28. The summed E-state index contributed by atoms with van der Waals surface area (Å²) < 4.78 is 16.9. The first-order chi connectivity index (χ1) is 11.9. The zero-order chi connectivity index (χ0) is 18.2. The molecule has 1 fully saturated rings. The Morgan fingerprint density at radius 2 is 2.16 bits per heavy atom. The number of hydrogen-bond acceptors (Lipinski definition) is 5. The summed E-state index contributed by atoms with van der Waals surface area (Å²) in [6, 6.07) is 5.53. The standard InChI is InChI=1S/C20H24O5/c1-5-11-19-12-7-10-16(21)20(19,22)25-17(13(19)2)14-8-6-9-15(23-3)18(14)24-4/h5-10,13,17,22H,1,11-12H2,2-4H3/t13-,17-,19-,20-/m1/s1. The number of hydrogen-bond donors (Lipinski definition) is 1. The van der Waals surface area contributed by atoms with Gasteiger partial charge >= 0.3 is 0 Å². The molecule has 1 aliphatic carbocycles. The first kappa shape index (κ1) is 17.7. The summed E-state index contributed by atoms with van der Waals surface area (Å²) in [6.07, 6.45) is 5.47. The van der Waals surface area contributed by atoms with Crippen molar-refractivity contribution in [2.24, 2.45) is 11.3 Å². The van der Waals surface area contributed by atoms with E-state index in [1.54, 1.807) is 26.4 Å². The average Bonchev–Trinajstić information content (AvgIpc) is 2.85. The van der Waals surface area contributed by atoms with E-state index in [0.29, 0.717) is 24.3 Å². The van der Waals surface area contributed by atoms with Crippen molar-refractivity contribution >= 4 is 5.78 Å². The van der Waals surface area contributed by atoms with Crippen LogP contribution in [-0.4, -0.2) is 30.9 Å². The fourth-order valence-electron chi connectivity index (χ4n) is 4.25. The van der Waals surface area contributed by atoms with Gasteiger partial charge < -0.3 is 19.3 Å². The fraction of sp³-hybridized carbons (Fsp3) is 0.450. The number of rotatable bonds is 5. The van der Waals surface area contributed by atoms with Gasteiger partial charge in [0.25, 0.3) is 0 Å². The largest absolute Gasteiger partial charge is 0.493 e. The fourth-order valence-corrected chi connectivity index (χ4v) is 4.25. The van der Waals surface area contributed by atoms with Gasteiger partial charge in [-0.05, 0) is 30.9 Å². The highest BCUT2D eigenvalue weighted by Gasteiger charge is 2.66. The molecule has 0 spiro atoms. The third kappa shape index (κ3) is 2.34. The van der Waals surface area contributed by atoms with Gasteiger partial charge in [0, 0.05) is 11.0 Å². The lowest BCUT2D eigenvalue weighted by molar-refractivity contribution is -0.229. The molecule has 134 valence electrons. The number of benzene rings is 1. The van der Waals surface area contributed by atoms with Crippen molar-refractivity contribution in [3.8, 4) is 11.5 Å². The van der Waals surface area contributed by atoms with Crippen LogP contribution in [0, 0.1) is 11.3 Å². The molecule has 5 nitrogen and oxygen atoms in total. The van der Waals surface area contributed by atoms with Crippen molar-refractivity contribution < 1.29 is 24.1 Å². The molecule has 1 saturated heterocycles. The second-order valence-electron chi connectivity index (χ2n) is 6.67. The number of para-hydroxylation sites is 1. The van der Waals surface area contributed by atoms with Crippen LogP contribution in [0.4, 0.5) is 0 Å². The summed E-state index contributed by atoms with van der Waals surface area (Å²) >= 11 is 0. The zero-order valence-electron chi connectivity index (χ0n) is 14.8. The second-order valence-corrected chi connectivity index (χ2v) is 6.67. The molecule has 0 bridgehead atoms. The molecule has 1 aromatic carbocycles. The van der Waals surface area contributed by atoms with Gasteiger partial charge in [-0.2, -0.15) is 0 Å². The molecule has 1 N–H and O–H groups in total. The Bertz CT molecular complexity index is 725. The normalized spacial score (nSPS) is 33.8. The van der Waals surface area contributed by atoms with Crippen LogP contribution >= 0.6 is 0 Å². The van der Waals surface area contributed by atoms with E-state index >= 15 is 0 Å². The summed E-state index contributed by atoms with van der Waals surface area (Å²) in [6.45, 7) is 5.81. The maximum atomic E-state index is 12.5. The van der Waals surface area contributed by atoms with Crippen LogP contribution in [0.25, 0.3) is 0 Å². The number of carbonyl (C=O) groups is 1. The molecular weight excluding hydrogens is 320 g/mol.